The Morgan fingerprint density at radius 3 is 2.24 bits per heavy atom. The molecule has 0 bridgehead atoms. The minimum atomic E-state index is -0.396. The Labute approximate surface area is 101 Å². The van der Waals surface area contributed by atoms with E-state index in [9.17, 15) is 14.3 Å². The Bertz CT molecular complexity index is 435. The summed E-state index contributed by atoms with van der Waals surface area (Å²) >= 11 is 0. The van der Waals surface area contributed by atoms with Crippen molar-refractivity contribution in [2.75, 3.05) is 0 Å². The number of ketones is 1. The lowest BCUT2D eigenvalue weighted by Gasteiger charge is -2.16. The normalized spacial score (nSPS) is 12.6. The van der Waals surface area contributed by atoms with Crippen molar-refractivity contribution in [1.82, 2.24) is 0 Å². The zero-order chi connectivity index (χ0) is 13.3. The van der Waals surface area contributed by atoms with Gasteiger partial charge in [-0.3, -0.25) is 4.79 Å². The molecule has 94 valence electrons. The molecule has 17 heavy (non-hydrogen) atoms. The molecule has 2 nitrogen and oxygen atoms in total. The molecule has 1 unspecified atom stereocenters. The van der Waals surface area contributed by atoms with Crippen LogP contribution in [0, 0.1) is 32.5 Å². The highest BCUT2D eigenvalue weighted by molar-refractivity contribution is 6.01. The minimum absolute atomic E-state index is 0.0771. The number of aromatic hydroxyl groups is 1. The van der Waals surface area contributed by atoms with Crippen molar-refractivity contribution in [2.24, 2.45) is 5.92 Å². The van der Waals surface area contributed by atoms with Crippen LogP contribution >= 0.6 is 0 Å². The molecular weight excluding hydrogens is 219 g/mol. The number of hydrogen-bond donors (Lipinski definition) is 1. The van der Waals surface area contributed by atoms with Crippen molar-refractivity contribution in [3.63, 3.8) is 0 Å². The van der Waals surface area contributed by atoms with Crippen LogP contribution in [0.5, 0.6) is 5.75 Å². The number of hydrogen-bond acceptors (Lipinski definition) is 2. The highest BCUT2D eigenvalue weighted by Gasteiger charge is 2.24. The maximum absolute atomic E-state index is 13.9. The molecule has 0 saturated carbocycles. The summed E-state index contributed by atoms with van der Waals surface area (Å²) in [5.41, 5.74) is 1.23. The minimum Gasteiger partial charge on any atom is -0.507 e. The van der Waals surface area contributed by atoms with Crippen LogP contribution in [0.3, 0.4) is 0 Å². The van der Waals surface area contributed by atoms with Crippen molar-refractivity contribution in [1.29, 1.82) is 0 Å². The summed E-state index contributed by atoms with van der Waals surface area (Å²) in [6, 6.07) is 0. The summed E-state index contributed by atoms with van der Waals surface area (Å²) in [5, 5.41) is 10.0. The first-order valence-corrected chi connectivity index (χ1v) is 5.85. The number of phenolic OH excluding ortho intramolecular Hbond substituents is 1. The van der Waals surface area contributed by atoms with Crippen molar-refractivity contribution >= 4 is 5.78 Å². The van der Waals surface area contributed by atoms with Gasteiger partial charge in [0, 0.05) is 5.92 Å². The molecule has 0 fully saturated rings. The van der Waals surface area contributed by atoms with Crippen LogP contribution in [0.4, 0.5) is 4.39 Å². The number of carbonyl (C=O) groups excluding carboxylic acids is 1. The van der Waals surface area contributed by atoms with Crippen LogP contribution in [-0.2, 0) is 0 Å². The van der Waals surface area contributed by atoms with E-state index < -0.39 is 5.82 Å². The maximum Gasteiger partial charge on any atom is 0.169 e. The Balaban J connectivity index is 3.50. The quantitative estimate of drug-likeness (QED) is 0.815. The zero-order valence-corrected chi connectivity index (χ0v) is 11.0. The van der Waals surface area contributed by atoms with Crippen molar-refractivity contribution in [2.45, 2.75) is 41.0 Å². The Kier molecular flexibility index (Phi) is 3.91. The van der Waals surface area contributed by atoms with Gasteiger partial charge in [0.05, 0.1) is 5.56 Å². The summed E-state index contributed by atoms with van der Waals surface area (Å²) in [5.74, 6) is -0.871. The lowest BCUT2D eigenvalue weighted by atomic mass is 9.89. The van der Waals surface area contributed by atoms with E-state index in [1.54, 1.807) is 20.8 Å². The van der Waals surface area contributed by atoms with Crippen LogP contribution < -0.4 is 0 Å². The average molecular weight is 238 g/mol. The summed E-state index contributed by atoms with van der Waals surface area (Å²) < 4.78 is 13.9. The van der Waals surface area contributed by atoms with E-state index in [0.717, 1.165) is 0 Å². The van der Waals surface area contributed by atoms with Gasteiger partial charge in [-0.15, -0.1) is 0 Å². The van der Waals surface area contributed by atoms with Crippen molar-refractivity contribution in [3.05, 3.63) is 28.1 Å². The van der Waals surface area contributed by atoms with Gasteiger partial charge in [-0.05, 0) is 43.9 Å². The molecular formula is C14H19FO2. The topological polar surface area (TPSA) is 37.3 Å². The second-order valence-electron chi connectivity index (χ2n) is 4.59. The molecule has 1 N–H and O–H groups in total. The molecule has 1 atom stereocenters. The fourth-order valence-corrected chi connectivity index (χ4v) is 1.83. The summed E-state index contributed by atoms with van der Waals surface area (Å²) in [4.78, 5) is 12.1. The van der Waals surface area contributed by atoms with Gasteiger partial charge in [0.2, 0.25) is 0 Å². The molecule has 0 spiro atoms. The second-order valence-corrected chi connectivity index (χ2v) is 4.59. The highest BCUT2D eigenvalue weighted by atomic mass is 19.1. The highest BCUT2D eigenvalue weighted by Crippen LogP contribution is 2.33. The van der Waals surface area contributed by atoms with E-state index in [4.69, 9.17) is 0 Å². The predicted molar refractivity (Wildman–Crippen MR) is 66.1 cm³/mol. The van der Waals surface area contributed by atoms with E-state index in [1.165, 1.54) is 6.92 Å². The molecule has 0 aliphatic rings. The first kappa shape index (κ1) is 13.7. The van der Waals surface area contributed by atoms with Crippen LogP contribution in [0.25, 0.3) is 0 Å². The Morgan fingerprint density at radius 1 is 1.24 bits per heavy atom. The number of Topliss-reactive ketones (excluding diaryl/α,β-unsaturated/α-hetero) is 1. The Morgan fingerprint density at radius 2 is 1.76 bits per heavy atom. The van der Waals surface area contributed by atoms with Gasteiger partial charge in [0.15, 0.2) is 5.78 Å². The molecule has 0 amide bonds. The molecule has 0 saturated heterocycles. The SMILES string of the molecule is CCC(C)C(=O)c1c(C)c(F)c(C)c(C)c1O. The standard InChI is InChI=1S/C14H19FO2/c1-6-7(2)13(16)11-10(5)12(15)8(3)9(4)14(11)17/h7,17H,6H2,1-5H3. The summed E-state index contributed by atoms with van der Waals surface area (Å²) in [6.45, 7) is 8.45. The predicted octanol–water partition coefficient (Wildman–Crippen LogP) is 3.69. The number of phenols is 1. The Hall–Kier alpha value is -1.38. The molecule has 0 aliphatic carbocycles. The van der Waals surface area contributed by atoms with Crippen LogP contribution in [-0.4, -0.2) is 10.9 Å². The van der Waals surface area contributed by atoms with E-state index in [2.05, 4.69) is 0 Å². The lowest BCUT2D eigenvalue weighted by Crippen LogP contribution is -2.14. The van der Waals surface area contributed by atoms with Crippen LogP contribution in [0.2, 0.25) is 0 Å². The third-order valence-corrected chi connectivity index (χ3v) is 3.49. The van der Waals surface area contributed by atoms with E-state index in [1.807, 2.05) is 6.92 Å². The molecule has 1 aromatic rings. The van der Waals surface area contributed by atoms with E-state index in [-0.39, 0.29) is 28.6 Å². The largest absolute Gasteiger partial charge is 0.507 e. The van der Waals surface area contributed by atoms with Gasteiger partial charge < -0.3 is 5.11 Å². The number of carbonyl (C=O) groups is 1. The van der Waals surface area contributed by atoms with Gasteiger partial charge in [-0.1, -0.05) is 13.8 Å². The number of benzene rings is 1. The average Bonchev–Trinajstić information content (AvgIpc) is 2.32. The fraction of sp³-hybridized carbons (Fsp3) is 0.500. The third-order valence-electron chi connectivity index (χ3n) is 3.49. The van der Waals surface area contributed by atoms with Gasteiger partial charge in [0.25, 0.3) is 0 Å². The maximum atomic E-state index is 13.9. The zero-order valence-electron chi connectivity index (χ0n) is 11.0. The number of rotatable bonds is 3. The monoisotopic (exact) mass is 238 g/mol. The second kappa shape index (κ2) is 4.86. The molecule has 0 heterocycles. The molecule has 0 aliphatic heterocycles. The molecule has 0 aromatic heterocycles. The van der Waals surface area contributed by atoms with Gasteiger partial charge in [0.1, 0.15) is 11.6 Å². The fourth-order valence-electron chi connectivity index (χ4n) is 1.83. The van der Waals surface area contributed by atoms with Gasteiger partial charge in [-0.2, -0.15) is 0 Å². The van der Waals surface area contributed by atoms with Gasteiger partial charge >= 0.3 is 0 Å². The molecule has 1 rings (SSSR count). The van der Waals surface area contributed by atoms with Gasteiger partial charge in [-0.25, -0.2) is 4.39 Å². The smallest absolute Gasteiger partial charge is 0.169 e. The third kappa shape index (κ3) is 2.19. The summed E-state index contributed by atoms with van der Waals surface area (Å²) in [7, 11) is 0. The van der Waals surface area contributed by atoms with E-state index >= 15 is 0 Å². The first-order valence-electron chi connectivity index (χ1n) is 5.85. The van der Waals surface area contributed by atoms with Crippen molar-refractivity contribution in [3.8, 4) is 5.75 Å². The molecule has 3 heteroatoms. The number of halogens is 1. The van der Waals surface area contributed by atoms with Crippen LogP contribution in [0.15, 0.2) is 0 Å². The molecule has 0 radical (unpaired) electrons. The summed E-state index contributed by atoms with van der Waals surface area (Å²) in [6.07, 6.45) is 0.673. The van der Waals surface area contributed by atoms with Crippen molar-refractivity contribution < 1.29 is 14.3 Å². The lowest BCUT2D eigenvalue weighted by molar-refractivity contribution is 0.0923. The molecule has 1 aromatic carbocycles. The first-order chi connectivity index (χ1) is 7.82. The van der Waals surface area contributed by atoms with Crippen LogP contribution in [0.1, 0.15) is 47.3 Å². The van der Waals surface area contributed by atoms with E-state index in [0.29, 0.717) is 17.5 Å².